The third-order valence-corrected chi connectivity index (χ3v) is 2.60. The summed E-state index contributed by atoms with van der Waals surface area (Å²) in [6, 6.07) is 5.27. The Bertz CT molecular complexity index is 435. The van der Waals surface area contributed by atoms with Crippen LogP contribution in [-0.2, 0) is 6.54 Å². The van der Waals surface area contributed by atoms with Crippen molar-refractivity contribution in [3.05, 3.63) is 34.9 Å². The minimum absolute atomic E-state index is 0.00638. The number of nitrogens with one attached hydrogen (secondary N) is 1. The highest BCUT2D eigenvalue weighted by Gasteiger charge is 2.20. The molecule has 0 radical (unpaired) electrons. The van der Waals surface area contributed by atoms with E-state index in [1.807, 2.05) is 19.9 Å². The molecule has 3 nitrogen and oxygen atoms in total. The first-order valence-corrected chi connectivity index (χ1v) is 5.05. The van der Waals surface area contributed by atoms with Gasteiger partial charge in [0.2, 0.25) is 0 Å². The van der Waals surface area contributed by atoms with Crippen LogP contribution in [0.25, 0.3) is 0 Å². The molecule has 1 aromatic carbocycles. The topological polar surface area (TPSA) is 46.2 Å². The first-order chi connectivity index (χ1) is 7.09. The quantitative estimate of drug-likeness (QED) is 0.744. The van der Waals surface area contributed by atoms with Crippen LogP contribution in [0.3, 0.4) is 0 Å². The lowest BCUT2D eigenvalue weighted by Crippen LogP contribution is -2.12. The number of fused-ring (bicyclic) bond motifs is 1. The highest BCUT2D eigenvalue weighted by Crippen LogP contribution is 2.19. The highest BCUT2D eigenvalue weighted by molar-refractivity contribution is 6.02. The second kappa shape index (κ2) is 3.50. The Hall–Kier alpha value is -1.64. The van der Waals surface area contributed by atoms with E-state index in [1.165, 1.54) is 0 Å². The Morgan fingerprint density at radius 2 is 2.13 bits per heavy atom. The van der Waals surface area contributed by atoms with Crippen molar-refractivity contribution in [2.24, 2.45) is 5.92 Å². The van der Waals surface area contributed by atoms with Crippen LogP contribution in [0, 0.1) is 5.92 Å². The molecule has 1 N–H and O–H groups in total. The molecular weight excluding hydrogens is 190 g/mol. The Labute approximate surface area is 88.5 Å². The molecule has 1 aliphatic rings. The number of ketones is 1. The predicted octanol–water partition coefficient (Wildman–Crippen LogP) is 1.77. The van der Waals surface area contributed by atoms with E-state index in [9.17, 15) is 9.59 Å². The van der Waals surface area contributed by atoms with E-state index < -0.39 is 0 Å². The summed E-state index contributed by atoms with van der Waals surface area (Å²) < 4.78 is 0. The maximum absolute atomic E-state index is 11.7. The molecule has 0 bridgehead atoms. The number of rotatable bonds is 2. The van der Waals surface area contributed by atoms with Crippen molar-refractivity contribution >= 4 is 11.7 Å². The lowest BCUT2D eigenvalue weighted by atomic mass is 9.98. The van der Waals surface area contributed by atoms with Crippen molar-refractivity contribution in [1.82, 2.24) is 5.32 Å². The Balaban J connectivity index is 2.39. The molecule has 0 fully saturated rings. The van der Waals surface area contributed by atoms with Crippen LogP contribution in [0.4, 0.5) is 0 Å². The molecule has 1 aliphatic heterocycles. The molecule has 0 unspecified atom stereocenters. The van der Waals surface area contributed by atoms with Gasteiger partial charge in [-0.1, -0.05) is 19.9 Å². The SMILES string of the molecule is CC(C)C(=O)c1ccc2c(c1)CNC2=O. The molecule has 1 heterocycles. The number of carbonyl (C=O) groups excluding carboxylic acids is 2. The molecular formula is C12H13NO2. The van der Waals surface area contributed by atoms with Gasteiger partial charge in [0, 0.05) is 23.6 Å². The van der Waals surface area contributed by atoms with Crippen molar-refractivity contribution < 1.29 is 9.59 Å². The molecule has 0 aromatic heterocycles. The molecule has 0 saturated heterocycles. The third kappa shape index (κ3) is 1.65. The lowest BCUT2D eigenvalue weighted by molar-refractivity contribution is 0.0936. The van der Waals surface area contributed by atoms with Gasteiger partial charge in [-0.15, -0.1) is 0 Å². The fourth-order valence-corrected chi connectivity index (χ4v) is 1.72. The standard InChI is InChI=1S/C12H13NO2/c1-7(2)11(14)8-3-4-10-9(5-8)6-13-12(10)15/h3-5,7H,6H2,1-2H3,(H,13,15). The lowest BCUT2D eigenvalue weighted by Gasteiger charge is -2.05. The van der Waals surface area contributed by atoms with E-state index in [4.69, 9.17) is 0 Å². The minimum atomic E-state index is -0.0476. The molecule has 3 heteroatoms. The number of benzene rings is 1. The first kappa shape index (κ1) is 9.90. The molecule has 0 saturated carbocycles. The van der Waals surface area contributed by atoms with Gasteiger partial charge in [0.1, 0.15) is 0 Å². The Kier molecular flexibility index (Phi) is 2.31. The summed E-state index contributed by atoms with van der Waals surface area (Å²) in [5.41, 5.74) is 2.31. The first-order valence-electron chi connectivity index (χ1n) is 5.05. The number of hydrogen-bond acceptors (Lipinski definition) is 2. The van der Waals surface area contributed by atoms with Crippen molar-refractivity contribution in [2.45, 2.75) is 20.4 Å². The zero-order valence-corrected chi connectivity index (χ0v) is 8.83. The number of amides is 1. The zero-order valence-electron chi connectivity index (χ0n) is 8.83. The molecule has 78 valence electrons. The molecule has 0 spiro atoms. The number of carbonyl (C=O) groups is 2. The smallest absolute Gasteiger partial charge is 0.251 e. The van der Waals surface area contributed by atoms with E-state index in [0.29, 0.717) is 17.7 Å². The van der Waals surface area contributed by atoms with Gasteiger partial charge in [-0.3, -0.25) is 9.59 Å². The van der Waals surface area contributed by atoms with Gasteiger partial charge >= 0.3 is 0 Å². The van der Waals surface area contributed by atoms with Gasteiger partial charge in [-0.25, -0.2) is 0 Å². The second-order valence-electron chi connectivity index (χ2n) is 4.07. The fourth-order valence-electron chi connectivity index (χ4n) is 1.72. The molecule has 0 atom stereocenters. The summed E-state index contributed by atoms with van der Waals surface area (Å²) >= 11 is 0. The highest BCUT2D eigenvalue weighted by atomic mass is 16.2. The van der Waals surface area contributed by atoms with Gasteiger partial charge in [0.05, 0.1) is 0 Å². The van der Waals surface area contributed by atoms with Gasteiger partial charge in [-0.05, 0) is 17.7 Å². The number of Topliss-reactive ketones (excluding diaryl/α,β-unsaturated/α-hetero) is 1. The summed E-state index contributed by atoms with van der Waals surface area (Å²) in [5.74, 6) is 0.0683. The van der Waals surface area contributed by atoms with Crippen LogP contribution in [0.1, 0.15) is 40.1 Å². The number of hydrogen-bond donors (Lipinski definition) is 1. The van der Waals surface area contributed by atoms with Crippen LogP contribution in [0.5, 0.6) is 0 Å². The summed E-state index contributed by atoms with van der Waals surface area (Å²) in [6.45, 7) is 4.28. The van der Waals surface area contributed by atoms with Crippen molar-refractivity contribution in [2.75, 3.05) is 0 Å². The van der Waals surface area contributed by atoms with Gasteiger partial charge in [0.25, 0.3) is 5.91 Å². The van der Waals surface area contributed by atoms with E-state index in [0.717, 1.165) is 5.56 Å². The Morgan fingerprint density at radius 3 is 2.80 bits per heavy atom. The molecule has 1 aromatic rings. The monoisotopic (exact) mass is 203 g/mol. The molecule has 1 amide bonds. The Morgan fingerprint density at radius 1 is 1.40 bits per heavy atom. The molecule has 15 heavy (non-hydrogen) atoms. The third-order valence-electron chi connectivity index (χ3n) is 2.60. The summed E-state index contributed by atoms with van der Waals surface area (Å²) in [5, 5.41) is 2.73. The summed E-state index contributed by atoms with van der Waals surface area (Å²) in [4.78, 5) is 23.0. The average molecular weight is 203 g/mol. The van der Waals surface area contributed by atoms with Crippen molar-refractivity contribution in [3.8, 4) is 0 Å². The van der Waals surface area contributed by atoms with E-state index >= 15 is 0 Å². The van der Waals surface area contributed by atoms with Crippen LogP contribution in [0.15, 0.2) is 18.2 Å². The van der Waals surface area contributed by atoms with Gasteiger partial charge in [0.15, 0.2) is 5.78 Å². The van der Waals surface area contributed by atoms with Crippen LogP contribution in [0.2, 0.25) is 0 Å². The molecule has 2 rings (SSSR count). The van der Waals surface area contributed by atoms with Crippen molar-refractivity contribution in [1.29, 1.82) is 0 Å². The van der Waals surface area contributed by atoms with E-state index in [2.05, 4.69) is 5.32 Å². The van der Waals surface area contributed by atoms with Gasteiger partial charge < -0.3 is 5.32 Å². The predicted molar refractivity (Wildman–Crippen MR) is 56.8 cm³/mol. The van der Waals surface area contributed by atoms with Crippen LogP contribution >= 0.6 is 0 Å². The largest absolute Gasteiger partial charge is 0.348 e. The summed E-state index contributed by atoms with van der Waals surface area (Å²) in [7, 11) is 0. The maximum Gasteiger partial charge on any atom is 0.251 e. The van der Waals surface area contributed by atoms with Crippen LogP contribution in [-0.4, -0.2) is 11.7 Å². The van der Waals surface area contributed by atoms with Crippen molar-refractivity contribution in [3.63, 3.8) is 0 Å². The minimum Gasteiger partial charge on any atom is -0.348 e. The zero-order chi connectivity index (χ0) is 11.0. The fraction of sp³-hybridized carbons (Fsp3) is 0.333. The van der Waals surface area contributed by atoms with E-state index in [1.54, 1.807) is 12.1 Å². The molecule has 0 aliphatic carbocycles. The average Bonchev–Trinajstić information content (AvgIpc) is 2.59. The maximum atomic E-state index is 11.7. The van der Waals surface area contributed by atoms with E-state index in [-0.39, 0.29) is 17.6 Å². The van der Waals surface area contributed by atoms with Gasteiger partial charge in [-0.2, -0.15) is 0 Å². The summed E-state index contributed by atoms with van der Waals surface area (Å²) in [6.07, 6.45) is 0. The second-order valence-corrected chi connectivity index (χ2v) is 4.07. The normalized spacial score (nSPS) is 13.9. The van der Waals surface area contributed by atoms with Crippen LogP contribution < -0.4 is 5.32 Å².